The van der Waals surface area contributed by atoms with Crippen LogP contribution >= 0.6 is 0 Å². The summed E-state index contributed by atoms with van der Waals surface area (Å²) in [5.74, 6) is 0. The third kappa shape index (κ3) is 9.33. The third-order valence-electron chi connectivity index (χ3n) is 1.43. The molecular weight excluding hydrogens is 280 g/mol. The van der Waals surface area contributed by atoms with Crippen LogP contribution in [0.1, 0.15) is 6.92 Å². The van der Waals surface area contributed by atoms with Crippen molar-refractivity contribution >= 4 is 32.6 Å². The van der Waals surface area contributed by atoms with E-state index in [2.05, 4.69) is 0 Å². The zero-order valence-electron chi connectivity index (χ0n) is 9.28. The molecule has 0 aliphatic carbocycles. The number of rotatable bonds is 4. The van der Waals surface area contributed by atoms with E-state index in [1.165, 1.54) is 10.6 Å². The summed E-state index contributed by atoms with van der Waals surface area (Å²) < 4.78 is 61.1. The molecule has 0 aliphatic heterocycles. The molecule has 16 heavy (non-hydrogen) atoms. The minimum absolute atomic E-state index is 0.167. The van der Waals surface area contributed by atoms with Gasteiger partial charge in [0.25, 0.3) is 0 Å². The summed E-state index contributed by atoms with van der Waals surface area (Å²) in [6.45, 7) is 2.33. The maximum absolute atomic E-state index is 10.5. The summed E-state index contributed by atoms with van der Waals surface area (Å²) >= 11 is -5.34. The fourth-order valence-corrected chi connectivity index (χ4v) is 1.15. The molecule has 0 N–H and O–H groups in total. The molecule has 0 heterocycles. The Hall–Kier alpha value is 0.0900. The van der Waals surface area contributed by atoms with Crippen LogP contribution in [-0.4, -0.2) is 60.9 Å². The topological polar surface area (TPSA) is 121 Å². The van der Waals surface area contributed by atoms with E-state index in [0.29, 0.717) is 6.54 Å². The number of hydrogen-bond donors (Lipinski definition) is 0. The molecule has 2 unspecified atom stereocenters. The minimum atomic E-state index is -2.92. The molecule has 0 saturated carbocycles. The van der Waals surface area contributed by atoms with Crippen molar-refractivity contribution in [2.45, 2.75) is 6.92 Å². The lowest BCUT2D eigenvalue weighted by atomic mass is 10.8. The molecule has 0 radical (unpaired) electrons. The fraction of sp³-hybridized carbons (Fsp3) is 1.00. The van der Waals surface area contributed by atoms with Gasteiger partial charge in [0, 0.05) is 43.2 Å². The first-order chi connectivity index (χ1) is 7.03. The molecule has 8 nitrogen and oxygen atoms in total. The summed E-state index contributed by atoms with van der Waals surface area (Å²) in [5, 5.41) is 0. The van der Waals surface area contributed by atoms with Crippen LogP contribution in [0.2, 0.25) is 0 Å². The number of hydrogen-bond acceptors (Lipinski definition) is 6. The average molecular weight is 294 g/mol. The van der Waals surface area contributed by atoms with Crippen LogP contribution in [0.5, 0.6) is 0 Å². The third-order valence-corrected chi connectivity index (χ3v) is 4.39. The Morgan fingerprint density at radius 1 is 1.12 bits per heavy atom. The molecule has 0 aromatic carbocycles. The Morgan fingerprint density at radius 2 is 1.44 bits per heavy atom. The Kier molecular flexibility index (Phi) is 9.48. The molecule has 0 fully saturated rings. The molecule has 0 aromatic rings. The van der Waals surface area contributed by atoms with Crippen LogP contribution in [0.25, 0.3) is 0 Å². The van der Waals surface area contributed by atoms with E-state index in [9.17, 15) is 25.9 Å². The maximum atomic E-state index is 10.5. The standard InChI is InChI=1S/C4H11NO2S.CH5NO4S2/c1-4-5(2)8(3,6)7;1-2(7(3)4)8(5)6/h4H2,1-3H3;1H3,(H,3,4)(H,5,6)/p-2. The Bertz CT molecular complexity index is 328. The predicted octanol–water partition coefficient (Wildman–Crippen LogP) is -1.60. The smallest absolute Gasteiger partial charge is 0.210 e. The minimum Gasteiger partial charge on any atom is -0.759 e. The molecule has 0 spiro atoms. The first kappa shape index (κ1) is 18.5. The van der Waals surface area contributed by atoms with Crippen molar-refractivity contribution in [3.8, 4) is 0 Å². The van der Waals surface area contributed by atoms with E-state index in [0.717, 1.165) is 7.05 Å². The Balaban J connectivity index is 0. The zero-order chi connectivity index (χ0) is 13.5. The molecule has 100 valence electrons. The second-order valence-electron chi connectivity index (χ2n) is 2.55. The highest BCUT2D eigenvalue weighted by molar-refractivity contribution is 7.92. The van der Waals surface area contributed by atoms with Gasteiger partial charge in [-0.15, -0.1) is 0 Å². The van der Waals surface area contributed by atoms with Gasteiger partial charge < -0.3 is 9.11 Å². The van der Waals surface area contributed by atoms with Crippen molar-refractivity contribution in [3.05, 3.63) is 0 Å². The first-order valence-electron chi connectivity index (χ1n) is 3.87. The normalized spacial score (nSPS) is 15.5. The second-order valence-corrected chi connectivity index (χ2v) is 6.84. The van der Waals surface area contributed by atoms with E-state index < -0.39 is 32.6 Å². The largest absolute Gasteiger partial charge is 0.759 e. The molecule has 11 heteroatoms. The van der Waals surface area contributed by atoms with Gasteiger partial charge in [0.1, 0.15) is 0 Å². The lowest BCUT2D eigenvalue weighted by Gasteiger charge is -2.19. The van der Waals surface area contributed by atoms with Gasteiger partial charge in [0.05, 0.1) is 6.26 Å². The molecule has 2 atom stereocenters. The van der Waals surface area contributed by atoms with Crippen LogP contribution in [-0.2, 0) is 32.6 Å². The van der Waals surface area contributed by atoms with Crippen LogP contribution in [0.4, 0.5) is 0 Å². The molecule has 0 rings (SSSR count). The SMILES string of the molecule is CCN(C)S(C)(=O)=O.CN(S(=O)[O-])S(=O)[O-]. The number of sulfonamides is 1. The number of nitrogens with zero attached hydrogens (tertiary/aromatic N) is 2. The van der Waals surface area contributed by atoms with Gasteiger partial charge in [-0.05, 0) is 0 Å². The van der Waals surface area contributed by atoms with Gasteiger partial charge in [-0.25, -0.2) is 12.7 Å². The summed E-state index contributed by atoms with van der Waals surface area (Å²) in [7, 11) is -0.446. The zero-order valence-corrected chi connectivity index (χ0v) is 11.7. The highest BCUT2D eigenvalue weighted by atomic mass is 32.3. The van der Waals surface area contributed by atoms with Gasteiger partial charge in [-0.3, -0.25) is 8.42 Å². The van der Waals surface area contributed by atoms with Gasteiger partial charge >= 0.3 is 0 Å². The van der Waals surface area contributed by atoms with Crippen LogP contribution in [0, 0.1) is 0 Å². The maximum Gasteiger partial charge on any atom is 0.210 e. The van der Waals surface area contributed by atoms with Crippen molar-refractivity contribution in [2.24, 2.45) is 0 Å². The predicted molar refractivity (Wildman–Crippen MR) is 58.8 cm³/mol. The van der Waals surface area contributed by atoms with E-state index in [4.69, 9.17) is 0 Å². The van der Waals surface area contributed by atoms with Gasteiger partial charge in [0.2, 0.25) is 10.0 Å². The van der Waals surface area contributed by atoms with Crippen molar-refractivity contribution in [3.63, 3.8) is 0 Å². The highest BCUT2D eigenvalue weighted by Crippen LogP contribution is 1.88. The van der Waals surface area contributed by atoms with Crippen LogP contribution in [0.3, 0.4) is 0 Å². The van der Waals surface area contributed by atoms with E-state index in [1.54, 1.807) is 14.0 Å². The van der Waals surface area contributed by atoms with Gasteiger partial charge in [-0.2, -0.15) is 3.71 Å². The van der Waals surface area contributed by atoms with E-state index >= 15 is 0 Å². The van der Waals surface area contributed by atoms with Crippen molar-refractivity contribution in [1.29, 1.82) is 0 Å². The monoisotopic (exact) mass is 294 g/mol. The average Bonchev–Trinajstić information content (AvgIpc) is 2.14. The van der Waals surface area contributed by atoms with E-state index in [-0.39, 0.29) is 3.71 Å². The van der Waals surface area contributed by atoms with Gasteiger partial charge in [-0.1, -0.05) is 6.92 Å². The Labute approximate surface area is 101 Å². The van der Waals surface area contributed by atoms with Crippen molar-refractivity contribution in [1.82, 2.24) is 8.02 Å². The summed E-state index contributed by atoms with van der Waals surface area (Å²) in [4.78, 5) is 0. The van der Waals surface area contributed by atoms with Gasteiger partial charge in [0.15, 0.2) is 0 Å². The molecule has 0 bridgehead atoms. The van der Waals surface area contributed by atoms with Crippen molar-refractivity contribution in [2.75, 3.05) is 26.9 Å². The highest BCUT2D eigenvalue weighted by Gasteiger charge is 2.05. The molecule has 0 aromatic heterocycles. The van der Waals surface area contributed by atoms with Crippen molar-refractivity contribution < 1.29 is 25.9 Å². The lowest BCUT2D eigenvalue weighted by Crippen LogP contribution is -2.24. The van der Waals surface area contributed by atoms with E-state index in [1.807, 2.05) is 0 Å². The second kappa shape index (κ2) is 8.22. The lowest BCUT2D eigenvalue weighted by molar-refractivity contribution is 0.466. The molecule has 0 amide bonds. The fourth-order valence-electron chi connectivity index (χ4n) is 0.284. The Morgan fingerprint density at radius 3 is 1.44 bits per heavy atom. The molecular formula is C5H14N2O6S3-2. The molecule has 0 saturated heterocycles. The first-order valence-corrected chi connectivity index (χ1v) is 7.79. The quantitative estimate of drug-likeness (QED) is 0.576. The summed E-state index contributed by atoms with van der Waals surface area (Å²) in [5.41, 5.74) is 0. The van der Waals surface area contributed by atoms with Crippen LogP contribution < -0.4 is 0 Å². The van der Waals surface area contributed by atoms with Crippen LogP contribution in [0.15, 0.2) is 0 Å². The summed E-state index contributed by atoms with van der Waals surface area (Å²) in [6.07, 6.45) is 1.19. The summed E-state index contributed by atoms with van der Waals surface area (Å²) in [6, 6.07) is 0. The molecule has 0 aliphatic rings.